The fourth-order valence-electron chi connectivity index (χ4n) is 2.30. The molecule has 0 saturated heterocycles. The summed E-state index contributed by atoms with van der Waals surface area (Å²) >= 11 is 0. The van der Waals surface area contributed by atoms with Crippen LogP contribution >= 0.6 is 0 Å². The fraction of sp³-hybridized carbons (Fsp3) is 0.385. The van der Waals surface area contributed by atoms with E-state index in [1.807, 2.05) is 6.07 Å². The number of nitrogen functional groups attached to an aromatic ring is 1. The molecule has 0 aliphatic heterocycles. The normalized spacial score (nSPS) is 21.2. The molecule has 5 nitrogen and oxygen atoms in total. The van der Waals surface area contributed by atoms with Gasteiger partial charge in [-0.25, -0.2) is 4.79 Å². The molecule has 0 aromatic heterocycles. The minimum absolute atomic E-state index is 0.102. The molecule has 0 heterocycles. The Morgan fingerprint density at radius 3 is 2.94 bits per heavy atom. The number of nitrogens with zero attached hydrogens (tertiary/aromatic N) is 1. The van der Waals surface area contributed by atoms with Crippen molar-refractivity contribution in [2.45, 2.75) is 25.4 Å². The minimum atomic E-state index is -1.57. The Morgan fingerprint density at radius 1 is 1.61 bits per heavy atom. The van der Waals surface area contributed by atoms with Gasteiger partial charge in [0.05, 0.1) is 18.2 Å². The van der Waals surface area contributed by atoms with Gasteiger partial charge in [0.15, 0.2) is 5.60 Å². The molecule has 1 aromatic carbocycles. The van der Waals surface area contributed by atoms with Crippen molar-refractivity contribution in [2.75, 3.05) is 12.3 Å². The monoisotopic (exact) mass is 246 g/mol. The topological polar surface area (TPSA) is 96.3 Å². The summed E-state index contributed by atoms with van der Waals surface area (Å²) in [6, 6.07) is 5.27. The molecule has 5 heteroatoms. The van der Waals surface area contributed by atoms with Gasteiger partial charge in [0.2, 0.25) is 0 Å². The molecular formula is C13H14N2O3. The molecule has 1 aliphatic rings. The largest absolute Gasteiger partial charge is 0.464 e. The maximum Gasteiger partial charge on any atom is 0.338 e. The number of carbonyl (C=O) groups is 1. The van der Waals surface area contributed by atoms with Gasteiger partial charge in [-0.2, -0.15) is 5.26 Å². The fourth-order valence-corrected chi connectivity index (χ4v) is 2.30. The van der Waals surface area contributed by atoms with Crippen molar-refractivity contribution in [3.63, 3.8) is 0 Å². The molecule has 94 valence electrons. The molecule has 2 rings (SSSR count). The Balaban J connectivity index is 2.38. The van der Waals surface area contributed by atoms with E-state index < -0.39 is 11.6 Å². The van der Waals surface area contributed by atoms with E-state index >= 15 is 0 Å². The molecule has 1 aliphatic carbocycles. The van der Waals surface area contributed by atoms with Crippen molar-refractivity contribution in [3.8, 4) is 6.07 Å². The van der Waals surface area contributed by atoms with E-state index in [0.717, 1.165) is 5.56 Å². The maximum atomic E-state index is 11.7. The van der Waals surface area contributed by atoms with Gasteiger partial charge in [0.25, 0.3) is 0 Å². The first-order valence-corrected chi connectivity index (χ1v) is 5.71. The van der Waals surface area contributed by atoms with E-state index in [-0.39, 0.29) is 19.4 Å². The van der Waals surface area contributed by atoms with E-state index in [2.05, 4.69) is 0 Å². The molecule has 0 bridgehead atoms. The second-order valence-corrected chi connectivity index (χ2v) is 4.42. The van der Waals surface area contributed by atoms with Gasteiger partial charge < -0.3 is 15.6 Å². The predicted octanol–water partition coefficient (Wildman–Crippen LogP) is 0.533. The lowest BCUT2D eigenvalue weighted by Gasteiger charge is -2.19. The quantitative estimate of drug-likeness (QED) is 0.586. The van der Waals surface area contributed by atoms with Crippen LogP contribution in [0, 0.1) is 11.3 Å². The summed E-state index contributed by atoms with van der Waals surface area (Å²) < 4.78 is 4.86. The molecule has 0 saturated carbocycles. The second-order valence-electron chi connectivity index (χ2n) is 4.42. The minimum Gasteiger partial charge on any atom is -0.464 e. The highest BCUT2D eigenvalue weighted by Crippen LogP contribution is 2.34. The second kappa shape index (κ2) is 4.31. The number of nitrogens with two attached hydrogens (primary N) is 1. The smallest absolute Gasteiger partial charge is 0.338 e. The molecule has 1 unspecified atom stereocenters. The molecule has 0 amide bonds. The van der Waals surface area contributed by atoms with Crippen LogP contribution in [0.4, 0.5) is 5.69 Å². The van der Waals surface area contributed by atoms with E-state index in [0.29, 0.717) is 16.8 Å². The van der Waals surface area contributed by atoms with Gasteiger partial charge in [0.1, 0.15) is 0 Å². The molecule has 0 radical (unpaired) electrons. The Labute approximate surface area is 105 Å². The third-order valence-corrected chi connectivity index (χ3v) is 3.09. The third-order valence-electron chi connectivity index (χ3n) is 3.09. The van der Waals surface area contributed by atoms with Crippen molar-refractivity contribution in [1.82, 2.24) is 0 Å². The molecule has 1 atom stereocenters. The van der Waals surface area contributed by atoms with Crippen LogP contribution in [0.3, 0.4) is 0 Å². The van der Waals surface area contributed by atoms with Crippen LogP contribution in [0.1, 0.15) is 23.6 Å². The molecule has 0 spiro atoms. The average molecular weight is 246 g/mol. The van der Waals surface area contributed by atoms with Gasteiger partial charge in [-0.3, -0.25) is 0 Å². The van der Waals surface area contributed by atoms with E-state index in [4.69, 9.17) is 15.7 Å². The lowest BCUT2D eigenvalue weighted by atomic mass is 10.00. The first-order chi connectivity index (χ1) is 8.50. The first-order valence-electron chi connectivity index (χ1n) is 5.71. The Kier molecular flexibility index (Phi) is 2.97. The molecule has 3 N–H and O–H groups in total. The number of carbonyl (C=O) groups excluding carboxylic acids is 1. The van der Waals surface area contributed by atoms with Crippen LogP contribution in [0.5, 0.6) is 0 Å². The number of esters is 1. The number of rotatable bonds is 2. The van der Waals surface area contributed by atoms with Gasteiger partial charge >= 0.3 is 5.97 Å². The molecule has 0 fully saturated rings. The third kappa shape index (κ3) is 1.91. The number of ether oxygens (including phenoxy) is 1. The number of anilines is 1. The Morgan fingerprint density at radius 2 is 2.33 bits per heavy atom. The summed E-state index contributed by atoms with van der Waals surface area (Å²) in [6.45, 7) is 1.90. The zero-order valence-electron chi connectivity index (χ0n) is 10.1. The van der Waals surface area contributed by atoms with Crippen molar-refractivity contribution in [1.29, 1.82) is 5.26 Å². The van der Waals surface area contributed by atoms with Crippen LogP contribution in [0.2, 0.25) is 0 Å². The summed E-state index contributed by atoms with van der Waals surface area (Å²) in [6.07, 6.45) is 0.241. The lowest BCUT2D eigenvalue weighted by Crippen LogP contribution is -2.41. The van der Waals surface area contributed by atoms with Crippen molar-refractivity contribution < 1.29 is 14.6 Å². The van der Waals surface area contributed by atoms with Crippen molar-refractivity contribution >= 4 is 11.7 Å². The SMILES string of the molecule is CCOC(=O)C1(O)Cc2cc(N)cc(C#N)c2C1. The highest BCUT2D eigenvalue weighted by molar-refractivity contribution is 5.82. The molecule has 18 heavy (non-hydrogen) atoms. The van der Waals surface area contributed by atoms with E-state index in [1.54, 1.807) is 19.1 Å². The summed E-state index contributed by atoms with van der Waals surface area (Å²) in [5, 5.41) is 19.3. The van der Waals surface area contributed by atoms with Crippen molar-refractivity contribution in [3.05, 3.63) is 28.8 Å². The average Bonchev–Trinajstić information content (AvgIpc) is 2.66. The van der Waals surface area contributed by atoms with Gasteiger partial charge in [-0.05, 0) is 30.2 Å². The number of hydrogen-bond donors (Lipinski definition) is 2. The Bertz CT molecular complexity index is 548. The maximum absolute atomic E-state index is 11.7. The predicted molar refractivity (Wildman–Crippen MR) is 64.6 cm³/mol. The summed E-state index contributed by atoms with van der Waals surface area (Å²) in [5.41, 5.74) is 6.40. The standard InChI is InChI=1S/C13H14N2O3/c1-2-18-12(16)13(17)5-8-3-10(15)4-9(7-14)11(8)6-13/h3-4,17H,2,5-6,15H2,1H3. The van der Waals surface area contributed by atoms with Gasteiger partial charge in [0, 0.05) is 18.5 Å². The van der Waals surface area contributed by atoms with Crippen LogP contribution in [0.25, 0.3) is 0 Å². The Hall–Kier alpha value is -2.06. The highest BCUT2D eigenvalue weighted by atomic mass is 16.5. The van der Waals surface area contributed by atoms with E-state index in [1.165, 1.54) is 0 Å². The van der Waals surface area contributed by atoms with Gasteiger partial charge in [-0.1, -0.05) is 0 Å². The molecule has 1 aromatic rings. The van der Waals surface area contributed by atoms with Gasteiger partial charge in [-0.15, -0.1) is 0 Å². The van der Waals surface area contributed by atoms with Crippen LogP contribution in [0.15, 0.2) is 12.1 Å². The zero-order chi connectivity index (χ0) is 13.3. The first kappa shape index (κ1) is 12.4. The number of aliphatic hydroxyl groups is 1. The van der Waals surface area contributed by atoms with Crippen LogP contribution < -0.4 is 5.73 Å². The summed E-state index contributed by atoms with van der Waals surface area (Å²) in [5.74, 6) is -0.649. The number of nitriles is 1. The van der Waals surface area contributed by atoms with Crippen LogP contribution in [-0.2, 0) is 22.4 Å². The van der Waals surface area contributed by atoms with Crippen LogP contribution in [-0.4, -0.2) is 23.3 Å². The zero-order valence-corrected chi connectivity index (χ0v) is 10.1. The molecular weight excluding hydrogens is 232 g/mol. The summed E-state index contributed by atoms with van der Waals surface area (Å²) in [7, 11) is 0. The number of hydrogen-bond acceptors (Lipinski definition) is 5. The lowest BCUT2D eigenvalue weighted by molar-refractivity contribution is -0.163. The highest BCUT2D eigenvalue weighted by Gasteiger charge is 2.44. The number of fused-ring (bicyclic) bond motifs is 1. The number of benzene rings is 1. The van der Waals surface area contributed by atoms with E-state index in [9.17, 15) is 9.90 Å². The van der Waals surface area contributed by atoms with Crippen molar-refractivity contribution in [2.24, 2.45) is 0 Å². The summed E-state index contributed by atoms with van der Waals surface area (Å²) in [4.78, 5) is 11.7.